The average Bonchev–Trinajstić information content (AvgIpc) is 3.08. The lowest BCUT2D eigenvalue weighted by molar-refractivity contribution is -0.167. The summed E-state index contributed by atoms with van der Waals surface area (Å²) in [6.07, 6.45) is 32.4. The van der Waals surface area contributed by atoms with Crippen LogP contribution < -0.4 is 0 Å². The van der Waals surface area contributed by atoms with Gasteiger partial charge in [-0.15, -0.1) is 0 Å². The molecule has 6 nitrogen and oxygen atoms in total. The van der Waals surface area contributed by atoms with Crippen LogP contribution in [0, 0.1) is 11.8 Å². The molecule has 0 spiro atoms. The minimum absolute atomic E-state index is 0.0665. The summed E-state index contributed by atoms with van der Waals surface area (Å²) >= 11 is 0. The van der Waals surface area contributed by atoms with E-state index in [1.54, 1.807) is 0 Å². The van der Waals surface area contributed by atoms with Crippen LogP contribution in [-0.4, -0.2) is 37.2 Å². The predicted octanol–water partition coefficient (Wildman–Crippen LogP) is 13.0. The van der Waals surface area contributed by atoms with Crippen molar-refractivity contribution in [2.45, 2.75) is 233 Å². The van der Waals surface area contributed by atoms with E-state index in [4.69, 9.17) is 14.2 Å². The maximum atomic E-state index is 12.6. The summed E-state index contributed by atoms with van der Waals surface area (Å²) in [6.45, 7) is 11.2. The molecule has 0 rings (SSSR count). The van der Waals surface area contributed by atoms with E-state index in [1.165, 1.54) is 116 Å². The van der Waals surface area contributed by atoms with Crippen LogP contribution >= 0.6 is 0 Å². The van der Waals surface area contributed by atoms with Crippen molar-refractivity contribution in [3.05, 3.63) is 0 Å². The topological polar surface area (TPSA) is 78.9 Å². The van der Waals surface area contributed by atoms with Gasteiger partial charge in [0, 0.05) is 19.3 Å². The number of hydrogen-bond acceptors (Lipinski definition) is 6. The lowest BCUT2D eigenvalue weighted by atomic mass is 10.00. The van der Waals surface area contributed by atoms with Gasteiger partial charge in [0.05, 0.1) is 0 Å². The van der Waals surface area contributed by atoms with Gasteiger partial charge in [0.15, 0.2) is 6.10 Å². The number of hydrogen-bond donors (Lipinski definition) is 0. The standard InChI is InChI=1S/C43H82O6/c1-6-8-9-10-16-25-30-35-43(46)49-40(37-48-42(45)34-29-24-20-19-22-27-32-39(5)7-2)36-47-41(44)33-28-23-18-15-13-11-12-14-17-21-26-31-38(3)4/h38-40H,6-37H2,1-5H3/t39?,40-/m1/s1. The van der Waals surface area contributed by atoms with Crippen molar-refractivity contribution in [1.29, 1.82) is 0 Å². The lowest BCUT2D eigenvalue weighted by Crippen LogP contribution is -2.30. The Kier molecular flexibility index (Phi) is 35.0. The Morgan fingerprint density at radius 1 is 0.429 bits per heavy atom. The van der Waals surface area contributed by atoms with Crippen LogP contribution in [0.3, 0.4) is 0 Å². The van der Waals surface area contributed by atoms with Gasteiger partial charge in [-0.1, -0.05) is 189 Å². The molecule has 0 saturated carbocycles. The molecular weight excluding hydrogens is 612 g/mol. The largest absolute Gasteiger partial charge is 0.462 e. The molecule has 2 atom stereocenters. The summed E-state index contributed by atoms with van der Waals surface area (Å²) < 4.78 is 16.6. The smallest absolute Gasteiger partial charge is 0.306 e. The Morgan fingerprint density at radius 2 is 0.776 bits per heavy atom. The van der Waals surface area contributed by atoms with Gasteiger partial charge in [-0.05, 0) is 31.1 Å². The second kappa shape index (κ2) is 36.2. The first-order valence-corrected chi connectivity index (χ1v) is 21.3. The molecule has 0 aliphatic heterocycles. The van der Waals surface area contributed by atoms with Gasteiger partial charge in [0.1, 0.15) is 13.2 Å². The van der Waals surface area contributed by atoms with Crippen molar-refractivity contribution >= 4 is 17.9 Å². The number of carbonyl (C=O) groups is 3. The SMILES string of the molecule is CCCCCCCCCC(=O)O[C@H](COC(=O)CCCCCCCCCCCCCC(C)C)COC(=O)CCCCCCCCC(C)CC. The fraction of sp³-hybridized carbons (Fsp3) is 0.930. The summed E-state index contributed by atoms with van der Waals surface area (Å²) in [5.74, 6) is 0.770. The van der Waals surface area contributed by atoms with Gasteiger partial charge in [-0.3, -0.25) is 14.4 Å². The van der Waals surface area contributed by atoms with Crippen LogP contribution in [0.1, 0.15) is 227 Å². The van der Waals surface area contributed by atoms with E-state index in [9.17, 15) is 14.4 Å². The Morgan fingerprint density at radius 3 is 1.16 bits per heavy atom. The fourth-order valence-electron chi connectivity index (χ4n) is 6.19. The second-order valence-corrected chi connectivity index (χ2v) is 15.3. The quantitative estimate of drug-likeness (QED) is 0.0366. The molecule has 0 aromatic rings. The third-order valence-electron chi connectivity index (χ3n) is 9.83. The van der Waals surface area contributed by atoms with Crippen molar-refractivity contribution in [3.63, 3.8) is 0 Å². The molecule has 0 saturated heterocycles. The molecule has 6 heteroatoms. The van der Waals surface area contributed by atoms with Gasteiger partial charge < -0.3 is 14.2 Å². The molecule has 0 aromatic heterocycles. The molecule has 0 aliphatic carbocycles. The lowest BCUT2D eigenvalue weighted by Gasteiger charge is -2.18. The Balaban J connectivity index is 4.27. The summed E-state index contributed by atoms with van der Waals surface area (Å²) in [5, 5.41) is 0. The summed E-state index contributed by atoms with van der Waals surface area (Å²) in [5.41, 5.74) is 0. The molecule has 0 amide bonds. The molecular formula is C43H82O6. The highest BCUT2D eigenvalue weighted by Gasteiger charge is 2.19. The second-order valence-electron chi connectivity index (χ2n) is 15.3. The van der Waals surface area contributed by atoms with Crippen LogP contribution in [0.4, 0.5) is 0 Å². The normalized spacial score (nSPS) is 12.6. The molecule has 290 valence electrons. The van der Waals surface area contributed by atoms with Crippen molar-refractivity contribution in [2.75, 3.05) is 13.2 Å². The molecule has 0 radical (unpaired) electrons. The van der Waals surface area contributed by atoms with Crippen molar-refractivity contribution < 1.29 is 28.6 Å². The van der Waals surface area contributed by atoms with Gasteiger partial charge in [0.25, 0.3) is 0 Å². The number of ether oxygens (including phenoxy) is 3. The summed E-state index contributed by atoms with van der Waals surface area (Å²) in [6, 6.07) is 0. The van der Waals surface area contributed by atoms with E-state index in [1.807, 2.05) is 0 Å². The molecule has 0 fully saturated rings. The molecule has 1 unspecified atom stereocenters. The van der Waals surface area contributed by atoms with Gasteiger partial charge >= 0.3 is 17.9 Å². The predicted molar refractivity (Wildman–Crippen MR) is 206 cm³/mol. The van der Waals surface area contributed by atoms with E-state index in [0.29, 0.717) is 19.3 Å². The molecule has 0 bridgehead atoms. The third kappa shape index (κ3) is 36.0. The van der Waals surface area contributed by atoms with Crippen molar-refractivity contribution in [3.8, 4) is 0 Å². The molecule has 0 N–H and O–H groups in total. The third-order valence-corrected chi connectivity index (χ3v) is 9.83. The highest BCUT2D eigenvalue weighted by Crippen LogP contribution is 2.16. The monoisotopic (exact) mass is 695 g/mol. The Hall–Kier alpha value is -1.59. The maximum Gasteiger partial charge on any atom is 0.306 e. The number of unbranched alkanes of at least 4 members (excludes halogenated alkanes) is 21. The highest BCUT2D eigenvalue weighted by atomic mass is 16.6. The van der Waals surface area contributed by atoms with Crippen LogP contribution in [0.2, 0.25) is 0 Å². The molecule has 0 aliphatic rings. The first-order chi connectivity index (χ1) is 23.8. The summed E-state index contributed by atoms with van der Waals surface area (Å²) in [7, 11) is 0. The van der Waals surface area contributed by atoms with Crippen molar-refractivity contribution in [1.82, 2.24) is 0 Å². The maximum absolute atomic E-state index is 12.6. The Bertz CT molecular complexity index is 751. The van der Waals surface area contributed by atoms with E-state index < -0.39 is 6.10 Å². The van der Waals surface area contributed by atoms with Gasteiger partial charge in [-0.25, -0.2) is 0 Å². The van der Waals surface area contributed by atoms with Crippen LogP contribution in [0.15, 0.2) is 0 Å². The first-order valence-electron chi connectivity index (χ1n) is 21.3. The average molecular weight is 695 g/mol. The molecule has 0 aromatic carbocycles. The van der Waals surface area contributed by atoms with E-state index in [0.717, 1.165) is 69.6 Å². The number of esters is 3. The minimum atomic E-state index is -0.759. The van der Waals surface area contributed by atoms with E-state index in [2.05, 4.69) is 34.6 Å². The van der Waals surface area contributed by atoms with Crippen molar-refractivity contribution in [2.24, 2.45) is 11.8 Å². The zero-order chi connectivity index (χ0) is 36.2. The number of carbonyl (C=O) groups excluding carboxylic acids is 3. The summed E-state index contributed by atoms with van der Waals surface area (Å²) in [4.78, 5) is 37.4. The Labute approximate surface area is 304 Å². The fourth-order valence-corrected chi connectivity index (χ4v) is 6.19. The molecule has 49 heavy (non-hydrogen) atoms. The van der Waals surface area contributed by atoms with Gasteiger partial charge in [0.2, 0.25) is 0 Å². The minimum Gasteiger partial charge on any atom is -0.462 e. The van der Waals surface area contributed by atoms with Crippen LogP contribution in [-0.2, 0) is 28.6 Å². The first kappa shape index (κ1) is 47.4. The molecule has 0 heterocycles. The zero-order valence-electron chi connectivity index (χ0n) is 33.3. The van der Waals surface area contributed by atoms with Crippen LogP contribution in [0.25, 0.3) is 0 Å². The van der Waals surface area contributed by atoms with Gasteiger partial charge in [-0.2, -0.15) is 0 Å². The highest BCUT2D eigenvalue weighted by molar-refractivity contribution is 5.71. The number of rotatable bonds is 37. The van der Waals surface area contributed by atoms with Crippen LogP contribution in [0.5, 0.6) is 0 Å². The van der Waals surface area contributed by atoms with E-state index >= 15 is 0 Å². The van der Waals surface area contributed by atoms with E-state index in [-0.39, 0.29) is 31.1 Å². The zero-order valence-corrected chi connectivity index (χ0v) is 33.3.